The number of aromatic hydroxyl groups is 1. The number of hydrogen-bond donors (Lipinski definition) is 4. The molecule has 0 spiro atoms. The van der Waals surface area contributed by atoms with Gasteiger partial charge < -0.3 is 30.2 Å². The minimum Gasteiger partial charge on any atom is -0.505 e. The number of nitrogens with one attached hydrogen (secondary N) is 2. The number of aromatic nitrogens is 1. The van der Waals surface area contributed by atoms with Gasteiger partial charge in [-0.2, -0.15) is 0 Å². The molecule has 0 aliphatic carbocycles. The van der Waals surface area contributed by atoms with Gasteiger partial charge >= 0.3 is 12.0 Å². The summed E-state index contributed by atoms with van der Waals surface area (Å²) in [6.45, 7) is 1.99. The number of carboxylic acids is 1. The van der Waals surface area contributed by atoms with Gasteiger partial charge in [0.15, 0.2) is 5.69 Å². The first kappa shape index (κ1) is 24.7. The van der Waals surface area contributed by atoms with Crippen LogP contribution in [-0.2, 0) is 11.3 Å². The second kappa shape index (κ2) is 10.8. The molecule has 0 bridgehead atoms. The molecule has 0 saturated heterocycles. The lowest BCUT2D eigenvalue weighted by molar-refractivity contribution is -0.137. The minimum absolute atomic E-state index is 0.0980. The quantitative estimate of drug-likeness (QED) is 0.382. The summed E-state index contributed by atoms with van der Waals surface area (Å²) in [6, 6.07) is 11.6. The van der Waals surface area contributed by atoms with Crippen LogP contribution in [0.2, 0.25) is 5.02 Å². The average molecular weight is 486 g/mol. The van der Waals surface area contributed by atoms with Crippen LogP contribution in [0.1, 0.15) is 29.2 Å². The highest BCUT2D eigenvalue weighted by Gasteiger charge is 2.20. The zero-order valence-electron chi connectivity index (χ0n) is 18.5. The highest BCUT2D eigenvalue weighted by atomic mass is 35.5. The Morgan fingerprint density at radius 1 is 1.15 bits per heavy atom. The Morgan fingerprint density at radius 3 is 2.50 bits per heavy atom. The van der Waals surface area contributed by atoms with E-state index in [0.29, 0.717) is 21.9 Å². The number of carbonyl (C=O) groups excluding carboxylic acids is 1. The lowest BCUT2D eigenvalue weighted by Gasteiger charge is -2.19. The van der Waals surface area contributed by atoms with Crippen molar-refractivity contribution in [2.45, 2.75) is 25.9 Å². The summed E-state index contributed by atoms with van der Waals surface area (Å²) in [4.78, 5) is 36.9. The van der Waals surface area contributed by atoms with Crippen molar-refractivity contribution in [2.75, 3.05) is 12.4 Å². The Morgan fingerprint density at radius 2 is 1.85 bits per heavy atom. The number of methoxy groups -OCH3 is 1. The molecule has 0 aliphatic rings. The van der Waals surface area contributed by atoms with E-state index in [1.54, 1.807) is 42.5 Å². The van der Waals surface area contributed by atoms with E-state index in [0.717, 1.165) is 5.56 Å². The molecule has 2 aromatic carbocycles. The van der Waals surface area contributed by atoms with Crippen molar-refractivity contribution in [3.8, 4) is 11.5 Å². The molecule has 0 fully saturated rings. The van der Waals surface area contributed by atoms with Gasteiger partial charge in [-0.15, -0.1) is 0 Å². The number of pyridine rings is 1. The number of hydrogen-bond acceptors (Lipinski definition) is 5. The standard InChI is InChI=1S/C24H24ClN3O6/c1-14-3-5-15(6-4-14)18(12-21(30)31)26-24(33)27-22-19(29)9-10-28(23(22)32)13-16-7-8-17(25)11-20(16)34-2/h3-11,18,29H,12-13H2,1-2H3,(H,30,31)(H2,26,27,33)/t18-/m0/s1. The van der Waals surface area contributed by atoms with Crippen LogP contribution < -0.4 is 20.9 Å². The van der Waals surface area contributed by atoms with Crippen LogP contribution in [0.5, 0.6) is 11.5 Å². The molecule has 0 unspecified atom stereocenters. The van der Waals surface area contributed by atoms with Crippen LogP contribution in [0.4, 0.5) is 10.5 Å². The number of rotatable bonds is 8. The van der Waals surface area contributed by atoms with Gasteiger partial charge in [0.1, 0.15) is 11.5 Å². The Balaban J connectivity index is 1.83. The average Bonchev–Trinajstić information content (AvgIpc) is 2.79. The Kier molecular flexibility index (Phi) is 7.80. The third-order valence-electron chi connectivity index (χ3n) is 5.14. The lowest BCUT2D eigenvalue weighted by atomic mass is 10.0. The van der Waals surface area contributed by atoms with Gasteiger partial charge in [0.05, 0.1) is 26.1 Å². The maximum atomic E-state index is 13.0. The molecule has 4 N–H and O–H groups in total. The highest BCUT2D eigenvalue weighted by molar-refractivity contribution is 6.30. The third-order valence-corrected chi connectivity index (χ3v) is 5.37. The first-order chi connectivity index (χ1) is 16.2. The molecular formula is C24H24ClN3O6. The number of nitrogens with zero attached hydrogens (tertiary/aromatic N) is 1. The number of amides is 2. The van der Waals surface area contributed by atoms with Crippen molar-refractivity contribution >= 4 is 29.3 Å². The van der Waals surface area contributed by atoms with E-state index in [2.05, 4.69) is 10.6 Å². The summed E-state index contributed by atoms with van der Waals surface area (Å²) < 4.78 is 6.59. The molecule has 34 heavy (non-hydrogen) atoms. The van der Waals surface area contributed by atoms with Crippen LogP contribution in [0.15, 0.2) is 59.5 Å². The summed E-state index contributed by atoms with van der Waals surface area (Å²) in [5, 5.41) is 24.8. The van der Waals surface area contributed by atoms with E-state index < -0.39 is 29.4 Å². The Hall–Kier alpha value is -3.98. The topological polar surface area (TPSA) is 130 Å². The van der Waals surface area contributed by atoms with E-state index in [9.17, 15) is 24.6 Å². The number of anilines is 1. The summed E-state index contributed by atoms with van der Waals surface area (Å²) in [7, 11) is 1.48. The van der Waals surface area contributed by atoms with Crippen molar-refractivity contribution in [1.82, 2.24) is 9.88 Å². The fraction of sp³-hybridized carbons (Fsp3) is 0.208. The van der Waals surface area contributed by atoms with E-state index in [-0.39, 0.29) is 18.7 Å². The Bertz CT molecular complexity index is 1260. The lowest BCUT2D eigenvalue weighted by Crippen LogP contribution is -2.36. The summed E-state index contributed by atoms with van der Waals surface area (Å²) in [5.41, 5.74) is 1.24. The first-order valence-corrected chi connectivity index (χ1v) is 10.7. The van der Waals surface area contributed by atoms with E-state index in [1.165, 1.54) is 23.9 Å². The zero-order valence-corrected chi connectivity index (χ0v) is 19.3. The fourth-order valence-electron chi connectivity index (χ4n) is 3.37. The summed E-state index contributed by atoms with van der Waals surface area (Å²) in [6.07, 6.45) is 1.02. The van der Waals surface area contributed by atoms with Gasteiger partial charge in [-0.25, -0.2) is 4.79 Å². The molecule has 0 aliphatic heterocycles. The number of urea groups is 1. The second-order valence-corrected chi connectivity index (χ2v) is 8.06. The Labute approximate surface area is 200 Å². The van der Waals surface area contributed by atoms with E-state index in [4.69, 9.17) is 16.3 Å². The molecule has 9 nitrogen and oxygen atoms in total. The molecule has 3 aromatic rings. The number of benzene rings is 2. The molecular weight excluding hydrogens is 462 g/mol. The molecule has 0 saturated carbocycles. The van der Waals surface area contributed by atoms with Crippen molar-refractivity contribution in [3.05, 3.63) is 86.8 Å². The van der Waals surface area contributed by atoms with Crippen molar-refractivity contribution < 1.29 is 24.5 Å². The number of aliphatic carboxylic acids is 1. The van der Waals surface area contributed by atoms with Gasteiger partial charge in [0.25, 0.3) is 5.56 Å². The van der Waals surface area contributed by atoms with Gasteiger partial charge in [-0.05, 0) is 30.7 Å². The number of ether oxygens (including phenoxy) is 1. The van der Waals surface area contributed by atoms with Crippen LogP contribution in [0.3, 0.4) is 0 Å². The molecule has 3 rings (SSSR count). The number of carboxylic acid groups (broad SMARTS) is 1. The van der Waals surface area contributed by atoms with Crippen LogP contribution in [0.25, 0.3) is 0 Å². The third kappa shape index (κ3) is 6.08. The number of carbonyl (C=O) groups is 2. The maximum Gasteiger partial charge on any atom is 0.319 e. The second-order valence-electron chi connectivity index (χ2n) is 7.62. The van der Waals surface area contributed by atoms with Crippen LogP contribution in [0, 0.1) is 6.92 Å². The molecule has 10 heteroatoms. The highest BCUT2D eigenvalue weighted by Crippen LogP contribution is 2.25. The van der Waals surface area contributed by atoms with Gasteiger partial charge in [-0.3, -0.25) is 9.59 Å². The van der Waals surface area contributed by atoms with Gasteiger partial charge in [0.2, 0.25) is 0 Å². The van der Waals surface area contributed by atoms with Gasteiger partial charge in [0, 0.05) is 16.8 Å². The number of aryl methyl sites for hydroxylation is 1. The smallest absolute Gasteiger partial charge is 0.319 e. The van der Waals surface area contributed by atoms with Crippen molar-refractivity contribution in [2.24, 2.45) is 0 Å². The van der Waals surface area contributed by atoms with Crippen LogP contribution in [-0.4, -0.2) is 33.9 Å². The summed E-state index contributed by atoms with van der Waals surface area (Å²) in [5.74, 6) is -1.05. The van der Waals surface area contributed by atoms with E-state index >= 15 is 0 Å². The predicted octanol–water partition coefficient (Wildman–Crippen LogP) is 3.91. The SMILES string of the molecule is COc1cc(Cl)ccc1Cn1ccc(O)c(NC(=O)N[C@@H](CC(=O)O)c2ccc(C)cc2)c1=O. The predicted molar refractivity (Wildman–Crippen MR) is 128 cm³/mol. The van der Waals surface area contributed by atoms with Crippen molar-refractivity contribution in [1.29, 1.82) is 0 Å². The van der Waals surface area contributed by atoms with Crippen molar-refractivity contribution in [3.63, 3.8) is 0 Å². The maximum absolute atomic E-state index is 13.0. The van der Waals surface area contributed by atoms with Crippen LogP contribution >= 0.6 is 11.6 Å². The normalized spacial score (nSPS) is 11.5. The van der Waals surface area contributed by atoms with E-state index in [1.807, 2.05) is 6.92 Å². The fourth-order valence-corrected chi connectivity index (χ4v) is 3.53. The zero-order chi connectivity index (χ0) is 24.8. The summed E-state index contributed by atoms with van der Waals surface area (Å²) >= 11 is 5.99. The molecule has 0 radical (unpaired) electrons. The molecule has 1 heterocycles. The molecule has 178 valence electrons. The molecule has 1 aromatic heterocycles. The molecule has 2 amide bonds. The largest absolute Gasteiger partial charge is 0.505 e. The first-order valence-electron chi connectivity index (χ1n) is 10.3. The minimum atomic E-state index is -1.10. The monoisotopic (exact) mass is 485 g/mol. The van der Waals surface area contributed by atoms with Gasteiger partial charge in [-0.1, -0.05) is 47.5 Å². The number of halogens is 1. The molecule has 1 atom stereocenters.